The average molecular weight is 393 g/mol. The van der Waals surface area contributed by atoms with Gasteiger partial charge in [-0.05, 0) is 53.5 Å². The maximum absolute atomic E-state index is 6.24. The van der Waals surface area contributed by atoms with Gasteiger partial charge in [-0.15, -0.1) is 0 Å². The number of hydrogen-bond donors (Lipinski definition) is 1. The van der Waals surface area contributed by atoms with Gasteiger partial charge in [-0.25, -0.2) is 0 Å². The number of halogens is 3. The van der Waals surface area contributed by atoms with Gasteiger partial charge in [0.2, 0.25) is 0 Å². The van der Waals surface area contributed by atoms with Gasteiger partial charge in [-0.1, -0.05) is 23.2 Å². The molecule has 1 aromatic heterocycles. The van der Waals surface area contributed by atoms with Gasteiger partial charge in [0, 0.05) is 12.1 Å². The van der Waals surface area contributed by atoms with E-state index in [-0.39, 0.29) is 0 Å². The SMILES string of the molecule is Cc1nn(C)c(COc2c(Cl)cc(Cl)cc2CCN)c1Br. The van der Waals surface area contributed by atoms with Crippen molar-refractivity contribution in [2.45, 2.75) is 20.0 Å². The molecule has 4 nitrogen and oxygen atoms in total. The van der Waals surface area contributed by atoms with Crippen LogP contribution in [0.2, 0.25) is 10.0 Å². The molecular weight excluding hydrogens is 377 g/mol. The topological polar surface area (TPSA) is 53.1 Å². The molecule has 0 bridgehead atoms. The summed E-state index contributed by atoms with van der Waals surface area (Å²) < 4.78 is 8.62. The average Bonchev–Trinajstić information content (AvgIpc) is 2.64. The number of aromatic nitrogens is 2. The molecule has 0 aliphatic heterocycles. The Kier molecular flexibility index (Phi) is 5.54. The van der Waals surface area contributed by atoms with Crippen LogP contribution in [0.25, 0.3) is 0 Å². The van der Waals surface area contributed by atoms with Crippen LogP contribution in [0, 0.1) is 6.92 Å². The first-order valence-electron chi connectivity index (χ1n) is 6.42. The lowest BCUT2D eigenvalue weighted by atomic mass is 10.1. The van der Waals surface area contributed by atoms with Crippen molar-refractivity contribution < 1.29 is 4.74 Å². The van der Waals surface area contributed by atoms with Crippen molar-refractivity contribution in [2.24, 2.45) is 12.8 Å². The predicted molar refractivity (Wildman–Crippen MR) is 89.2 cm³/mol. The summed E-state index contributed by atoms with van der Waals surface area (Å²) in [7, 11) is 1.88. The largest absolute Gasteiger partial charge is 0.485 e. The standard InChI is InChI=1S/C14H16BrCl2N3O/c1-8-13(15)12(20(2)19-8)7-21-14-9(3-4-18)5-10(16)6-11(14)17/h5-6H,3-4,7,18H2,1-2H3. The van der Waals surface area contributed by atoms with Crippen molar-refractivity contribution >= 4 is 39.1 Å². The second-order valence-electron chi connectivity index (χ2n) is 4.67. The van der Waals surface area contributed by atoms with Crippen LogP contribution in [0.1, 0.15) is 17.0 Å². The van der Waals surface area contributed by atoms with Crippen LogP contribution in [-0.2, 0) is 20.1 Å². The molecule has 0 unspecified atom stereocenters. The van der Waals surface area contributed by atoms with E-state index in [2.05, 4.69) is 21.0 Å². The third-order valence-electron chi connectivity index (χ3n) is 3.11. The molecule has 0 atom stereocenters. The maximum Gasteiger partial charge on any atom is 0.141 e. The highest BCUT2D eigenvalue weighted by atomic mass is 79.9. The van der Waals surface area contributed by atoms with Gasteiger partial charge in [0.15, 0.2) is 0 Å². The van der Waals surface area contributed by atoms with Crippen molar-refractivity contribution in [1.82, 2.24) is 9.78 Å². The molecule has 0 amide bonds. The van der Waals surface area contributed by atoms with E-state index >= 15 is 0 Å². The zero-order valence-electron chi connectivity index (χ0n) is 11.8. The van der Waals surface area contributed by atoms with E-state index in [1.165, 1.54) is 0 Å². The van der Waals surface area contributed by atoms with Gasteiger partial charge in [-0.3, -0.25) is 4.68 Å². The third kappa shape index (κ3) is 3.72. The molecule has 21 heavy (non-hydrogen) atoms. The lowest BCUT2D eigenvalue weighted by Gasteiger charge is -2.14. The molecule has 0 aliphatic carbocycles. The van der Waals surface area contributed by atoms with Crippen molar-refractivity contribution in [3.8, 4) is 5.75 Å². The molecule has 114 valence electrons. The minimum Gasteiger partial charge on any atom is -0.485 e. The number of rotatable bonds is 5. The van der Waals surface area contributed by atoms with Crippen molar-refractivity contribution in [2.75, 3.05) is 6.54 Å². The normalized spacial score (nSPS) is 11.0. The number of nitrogens with two attached hydrogens (primary N) is 1. The monoisotopic (exact) mass is 391 g/mol. The Labute approximate surface area is 142 Å². The molecule has 0 radical (unpaired) electrons. The molecule has 2 rings (SSSR count). The Balaban J connectivity index is 2.27. The van der Waals surface area contributed by atoms with E-state index in [0.29, 0.717) is 35.4 Å². The Morgan fingerprint density at radius 1 is 1.38 bits per heavy atom. The highest BCUT2D eigenvalue weighted by molar-refractivity contribution is 9.10. The fourth-order valence-corrected chi connectivity index (χ4v) is 3.13. The number of ether oxygens (including phenoxy) is 1. The van der Waals surface area contributed by atoms with Crippen molar-refractivity contribution in [1.29, 1.82) is 0 Å². The minimum atomic E-state index is 0.358. The fraction of sp³-hybridized carbons (Fsp3) is 0.357. The first-order chi connectivity index (χ1) is 9.93. The third-order valence-corrected chi connectivity index (χ3v) is 4.64. The number of hydrogen-bond acceptors (Lipinski definition) is 3. The number of aryl methyl sites for hydroxylation is 2. The van der Waals surface area contributed by atoms with Gasteiger partial charge in [0.1, 0.15) is 12.4 Å². The second-order valence-corrected chi connectivity index (χ2v) is 6.31. The summed E-state index contributed by atoms with van der Waals surface area (Å²) >= 11 is 15.8. The minimum absolute atomic E-state index is 0.358. The summed E-state index contributed by atoms with van der Waals surface area (Å²) in [6.45, 7) is 2.79. The molecule has 7 heteroatoms. The van der Waals surface area contributed by atoms with Crippen LogP contribution in [0.5, 0.6) is 5.75 Å². The summed E-state index contributed by atoms with van der Waals surface area (Å²) in [4.78, 5) is 0. The van der Waals surface area contributed by atoms with E-state index in [1.807, 2.05) is 20.0 Å². The van der Waals surface area contributed by atoms with E-state index < -0.39 is 0 Å². The van der Waals surface area contributed by atoms with Gasteiger partial charge in [0.25, 0.3) is 0 Å². The number of benzene rings is 1. The Hall–Kier alpha value is -0.750. The maximum atomic E-state index is 6.24. The zero-order valence-corrected chi connectivity index (χ0v) is 14.9. The molecule has 0 saturated carbocycles. The summed E-state index contributed by atoms with van der Waals surface area (Å²) in [5, 5.41) is 5.40. The molecule has 1 heterocycles. The predicted octanol–water partition coefficient (Wildman–Crippen LogP) is 3.88. The van der Waals surface area contributed by atoms with Gasteiger partial charge in [0.05, 0.1) is 20.9 Å². The highest BCUT2D eigenvalue weighted by Gasteiger charge is 2.15. The first kappa shape index (κ1) is 16.6. The molecular formula is C14H16BrCl2N3O. The molecule has 0 saturated heterocycles. The van der Waals surface area contributed by atoms with E-state index in [0.717, 1.165) is 21.4 Å². The first-order valence-corrected chi connectivity index (χ1v) is 7.97. The summed E-state index contributed by atoms with van der Waals surface area (Å²) in [5.41, 5.74) is 8.39. The van der Waals surface area contributed by atoms with E-state index in [9.17, 15) is 0 Å². The molecule has 1 aromatic carbocycles. The quantitative estimate of drug-likeness (QED) is 0.839. The van der Waals surface area contributed by atoms with Gasteiger partial charge in [-0.2, -0.15) is 5.10 Å². The fourth-order valence-electron chi connectivity index (χ4n) is 2.09. The Morgan fingerprint density at radius 3 is 2.67 bits per heavy atom. The van der Waals surface area contributed by atoms with Gasteiger partial charge < -0.3 is 10.5 Å². The molecule has 0 aliphatic rings. The van der Waals surface area contributed by atoms with Crippen molar-refractivity contribution in [3.05, 3.63) is 43.6 Å². The van der Waals surface area contributed by atoms with Gasteiger partial charge >= 0.3 is 0 Å². The summed E-state index contributed by atoms with van der Waals surface area (Å²) in [6, 6.07) is 3.50. The van der Waals surface area contributed by atoms with E-state index in [1.54, 1.807) is 10.7 Å². The molecule has 2 aromatic rings. The highest BCUT2D eigenvalue weighted by Crippen LogP contribution is 2.34. The molecule has 2 N–H and O–H groups in total. The Bertz CT molecular complexity index is 658. The second kappa shape index (κ2) is 7.01. The lowest BCUT2D eigenvalue weighted by Crippen LogP contribution is -2.08. The van der Waals surface area contributed by atoms with Crippen LogP contribution in [0.4, 0.5) is 0 Å². The zero-order chi connectivity index (χ0) is 15.6. The van der Waals surface area contributed by atoms with E-state index in [4.69, 9.17) is 33.7 Å². The lowest BCUT2D eigenvalue weighted by molar-refractivity contribution is 0.291. The summed E-state index contributed by atoms with van der Waals surface area (Å²) in [6.07, 6.45) is 0.654. The Morgan fingerprint density at radius 2 is 2.10 bits per heavy atom. The van der Waals surface area contributed by atoms with Crippen LogP contribution in [-0.4, -0.2) is 16.3 Å². The van der Waals surface area contributed by atoms with Crippen LogP contribution < -0.4 is 10.5 Å². The number of nitrogens with zero attached hydrogens (tertiary/aromatic N) is 2. The smallest absolute Gasteiger partial charge is 0.141 e. The molecule has 0 spiro atoms. The summed E-state index contributed by atoms with van der Waals surface area (Å²) in [5.74, 6) is 0.622. The van der Waals surface area contributed by atoms with Crippen LogP contribution in [0.3, 0.4) is 0 Å². The van der Waals surface area contributed by atoms with Crippen LogP contribution >= 0.6 is 39.1 Å². The molecule has 0 fully saturated rings. The van der Waals surface area contributed by atoms with Crippen LogP contribution in [0.15, 0.2) is 16.6 Å². The van der Waals surface area contributed by atoms with Crippen molar-refractivity contribution in [3.63, 3.8) is 0 Å².